The number of nitrogens with zero attached hydrogens (tertiary/aromatic N) is 2. The Hall–Kier alpha value is -0.520. The molecule has 1 saturated carbocycles. The summed E-state index contributed by atoms with van der Waals surface area (Å²) in [7, 11) is 0. The third-order valence-electron chi connectivity index (χ3n) is 3.39. The minimum Gasteiger partial charge on any atom is -0.392 e. The molecule has 1 aliphatic rings. The van der Waals surface area contributed by atoms with Crippen LogP contribution in [0.25, 0.3) is 0 Å². The van der Waals surface area contributed by atoms with Gasteiger partial charge in [-0.3, -0.25) is 0 Å². The van der Waals surface area contributed by atoms with Gasteiger partial charge in [-0.2, -0.15) is 0 Å². The first-order chi connectivity index (χ1) is 7.93. The molecule has 1 aromatic heterocycles. The van der Waals surface area contributed by atoms with Crippen molar-refractivity contribution < 1.29 is 5.11 Å². The highest BCUT2D eigenvalue weighted by atomic mass is 35.5. The summed E-state index contributed by atoms with van der Waals surface area (Å²) in [5.41, 5.74) is -0.128. The minimum absolute atomic E-state index is 0.128. The fourth-order valence-corrected chi connectivity index (χ4v) is 2.50. The molecule has 2 N–H and O–H groups in total. The molecule has 0 amide bonds. The van der Waals surface area contributed by atoms with Gasteiger partial charge in [0.15, 0.2) is 5.16 Å². The summed E-state index contributed by atoms with van der Waals surface area (Å²) in [5.74, 6) is 0.722. The summed E-state index contributed by atoms with van der Waals surface area (Å²) < 4.78 is 0. The molecule has 2 unspecified atom stereocenters. The number of anilines is 1. The van der Waals surface area contributed by atoms with Crippen LogP contribution in [0, 0.1) is 5.41 Å². The molecule has 1 aliphatic carbocycles. The maximum absolute atomic E-state index is 9.68. The van der Waals surface area contributed by atoms with E-state index < -0.39 is 0 Å². The predicted molar refractivity (Wildman–Crippen MR) is 70.6 cm³/mol. The lowest BCUT2D eigenvalue weighted by Gasteiger charge is -2.49. The lowest BCUT2D eigenvalue weighted by atomic mass is 9.64. The Morgan fingerprint density at radius 2 is 2.24 bits per heavy atom. The highest BCUT2D eigenvalue weighted by Crippen LogP contribution is 2.42. The molecule has 0 radical (unpaired) electrons. The number of rotatable bonds is 3. The van der Waals surface area contributed by atoms with Gasteiger partial charge in [-0.05, 0) is 12.7 Å². The maximum atomic E-state index is 9.68. The molecule has 0 aromatic carbocycles. The van der Waals surface area contributed by atoms with E-state index in [0.717, 1.165) is 12.2 Å². The molecule has 0 spiro atoms. The number of hydrogen-bond donors (Lipinski definition) is 2. The molecule has 0 bridgehead atoms. The Morgan fingerprint density at radius 1 is 1.53 bits per heavy atom. The van der Waals surface area contributed by atoms with Gasteiger partial charge in [0, 0.05) is 17.5 Å². The Balaban J connectivity index is 2.12. The lowest BCUT2D eigenvalue weighted by Crippen LogP contribution is -2.57. The number of aliphatic hydroxyl groups is 1. The van der Waals surface area contributed by atoms with E-state index in [9.17, 15) is 5.11 Å². The van der Waals surface area contributed by atoms with Gasteiger partial charge in [0.05, 0.1) is 6.10 Å². The second-order valence-electron chi connectivity index (χ2n) is 4.83. The average molecular weight is 274 g/mol. The van der Waals surface area contributed by atoms with Crippen molar-refractivity contribution in [2.75, 3.05) is 11.6 Å². The van der Waals surface area contributed by atoms with E-state index in [1.165, 1.54) is 11.8 Å². The van der Waals surface area contributed by atoms with Gasteiger partial charge in [0.2, 0.25) is 0 Å². The van der Waals surface area contributed by atoms with Crippen LogP contribution in [0.1, 0.15) is 20.3 Å². The largest absolute Gasteiger partial charge is 0.392 e. The fraction of sp³-hybridized carbons (Fsp3) is 0.636. The van der Waals surface area contributed by atoms with E-state index in [0.29, 0.717) is 10.3 Å². The zero-order valence-corrected chi connectivity index (χ0v) is 11.6. The Kier molecular flexibility index (Phi) is 3.52. The first kappa shape index (κ1) is 12.9. The van der Waals surface area contributed by atoms with Crippen molar-refractivity contribution in [3.8, 4) is 0 Å². The summed E-state index contributed by atoms with van der Waals surface area (Å²) in [4.78, 5) is 8.42. The maximum Gasteiger partial charge on any atom is 0.190 e. The summed E-state index contributed by atoms with van der Waals surface area (Å²) >= 11 is 7.37. The predicted octanol–water partition coefficient (Wildman–Crippen LogP) is 2.42. The quantitative estimate of drug-likeness (QED) is 0.503. The Labute approximate surface area is 110 Å². The van der Waals surface area contributed by atoms with Crippen LogP contribution < -0.4 is 5.32 Å². The van der Waals surface area contributed by atoms with Crippen molar-refractivity contribution in [2.45, 2.75) is 37.6 Å². The molecular weight excluding hydrogens is 258 g/mol. The summed E-state index contributed by atoms with van der Waals surface area (Å²) in [6, 6.07) is 1.93. The van der Waals surface area contributed by atoms with Crippen molar-refractivity contribution >= 4 is 29.2 Å². The molecule has 0 saturated heterocycles. The molecule has 1 fully saturated rings. The zero-order valence-electron chi connectivity index (χ0n) is 10.1. The number of halogens is 1. The lowest BCUT2D eigenvalue weighted by molar-refractivity contribution is -0.0511. The standard InChI is InChI=1S/C11H16ClN3OS/c1-11(2)6(4-7(11)16)13-9-5-8(12)14-10(15-9)17-3/h5-7,16H,4H2,1-3H3,(H,13,14,15). The summed E-state index contributed by atoms with van der Waals surface area (Å²) in [6.07, 6.45) is 2.40. The van der Waals surface area contributed by atoms with Crippen molar-refractivity contribution in [1.82, 2.24) is 9.97 Å². The molecule has 17 heavy (non-hydrogen) atoms. The van der Waals surface area contributed by atoms with Gasteiger partial charge < -0.3 is 10.4 Å². The second kappa shape index (κ2) is 4.63. The third-order valence-corrected chi connectivity index (χ3v) is 4.14. The molecule has 1 heterocycles. The van der Waals surface area contributed by atoms with Crippen LogP contribution in [0.3, 0.4) is 0 Å². The monoisotopic (exact) mass is 273 g/mol. The van der Waals surface area contributed by atoms with Gasteiger partial charge in [-0.15, -0.1) is 0 Å². The van der Waals surface area contributed by atoms with Crippen molar-refractivity contribution in [3.05, 3.63) is 11.2 Å². The summed E-state index contributed by atoms with van der Waals surface area (Å²) in [5, 5.41) is 14.1. The van der Waals surface area contributed by atoms with Crippen LogP contribution in [0.4, 0.5) is 5.82 Å². The fourth-order valence-electron chi connectivity index (χ4n) is 1.89. The number of hydrogen-bond acceptors (Lipinski definition) is 5. The first-order valence-electron chi connectivity index (χ1n) is 5.46. The number of thioether (sulfide) groups is 1. The highest BCUT2D eigenvalue weighted by Gasteiger charge is 2.47. The molecule has 4 nitrogen and oxygen atoms in total. The van der Waals surface area contributed by atoms with Crippen molar-refractivity contribution in [3.63, 3.8) is 0 Å². The van der Waals surface area contributed by atoms with Gasteiger partial charge in [-0.25, -0.2) is 9.97 Å². The van der Waals surface area contributed by atoms with Crippen LogP contribution in [0.15, 0.2) is 11.2 Å². The van der Waals surface area contributed by atoms with E-state index in [-0.39, 0.29) is 17.6 Å². The summed E-state index contributed by atoms with van der Waals surface area (Å²) in [6.45, 7) is 4.08. The van der Waals surface area contributed by atoms with Crippen LogP contribution in [0.5, 0.6) is 0 Å². The van der Waals surface area contributed by atoms with Crippen LogP contribution in [-0.4, -0.2) is 33.5 Å². The smallest absolute Gasteiger partial charge is 0.190 e. The number of aliphatic hydroxyl groups excluding tert-OH is 1. The van der Waals surface area contributed by atoms with Gasteiger partial charge >= 0.3 is 0 Å². The van der Waals surface area contributed by atoms with Gasteiger partial charge in [-0.1, -0.05) is 37.2 Å². The zero-order chi connectivity index (χ0) is 12.6. The molecule has 6 heteroatoms. The minimum atomic E-state index is -0.252. The van der Waals surface area contributed by atoms with E-state index in [1.807, 2.05) is 20.1 Å². The van der Waals surface area contributed by atoms with E-state index >= 15 is 0 Å². The second-order valence-corrected chi connectivity index (χ2v) is 5.99. The van der Waals surface area contributed by atoms with Crippen LogP contribution in [0.2, 0.25) is 5.15 Å². The molecule has 0 aliphatic heterocycles. The Bertz CT molecular complexity index is 427. The average Bonchev–Trinajstić information content (AvgIpc) is 2.28. The van der Waals surface area contributed by atoms with Crippen molar-refractivity contribution in [2.24, 2.45) is 5.41 Å². The van der Waals surface area contributed by atoms with Gasteiger partial charge in [0.1, 0.15) is 11.0 Å². The highest BCUT2D eigenvalue weighted by molar-refractivity contribution is 7.98. The molecule has 94 valence electrons. The van der Waals surface area contributed by atoms with Crippen LogP contribution in [-0.2, 0) is 0 Å². The molecule has 1 aromatic rings. The topological polar surface area (TPSA) is 58.0 Å². The molecular formula is C11H16ClN3OS. The SMILES string of the molecule is CSc1nc(Cl)cc(NC2CC(O)C2(C)C)n1. The van der Waals surface area contributed by atoms with Crippen molar-refractivity contribution in [1.29, 1.82) is 0 Å². The third kappa shape index (κ3) is 2.51. The Morgan fingerprint density at radius 3 is 2.76 bits per heavy atom. The molecule has 2 rings (SSSR count). The van der Waals surface area contributed by atoms with Crippen LogP contribution >= 0.6 is 23.4 Å². The number of aromatic nitrogens is 2. The number of nitrogens with one attached hydrogen (secondary N) is 1. The van der Waals surface area contributed by atoms with E-state index in [2.05, 4.69) is 15.3 Å². The van der Waals surface area contributed by atoms with E-state index in [4.69, 9.17) is 11.6 Å². The molecule has 2 atom stereocenters. The van der Waals surface area contributed by atoms with Gasteiger partial charge in [0.25, 0.3) is 0 Å². The first-order valence-corrected chi connectivity index (χ1v) is 7.07. The van der Waals surface area contributed by atoms with E-state index in [1.54, 1.807) is 6.07 Å². The normalized spacial score (nSPS) is 26.4.